The van der Waals surface area contributed by atoms with Crippen LogP contribution in [0.1, 0.15) is 12.0 Å². The van der Waals surface area contributed by atoms with Gasteiger partial charge in [-0.15, -0.1) is 24.0 Å². The third kappa shape index (κ3) is 6.56. The molecule has 0 aliphatic rings. The van der Waals surface area contributed by atoms with Crippen LogP contribution in [-0.4, -0.2) is 32.5 Å². The quantitative estimate of drug-likeness (QED) is 0.372. The number of amides is 1. The SMILES string of the molecule is CN=C(NC)NCCC(=O)Nc1ccc(Br)cc1C.I. The van der Waals surface area contributed by atoms with E-state index < -0.39 is 0 Å². The maximum Gasteiger partial charge on any atom is 0.226 e. The second-order valence-electron chi connectivity index (χ2n) is 4.01. The van der Waals surface area contributed by atoms with Gasteiger partial charge in [-0.2, -0.15) is 0 Å². The summed E-state index contributed by atoms with van der Waals surface area (Å²) in [6, 6.07) is 5.76. The van der Waals surface area contributed by atoms with Gasteiger partial charge in [0.25, 0.3) is 0 Å². The van der Waals surface area contributed by atoms with Gasteiger partial charge in [-0.25, -0.2) is 0 Å². The highest BCUT2D eigenvalue weighted by molar-refractivity contribution is 14.0. The number of nitrogens with zero attached hydrogens (tertiary/aromatic N) is 1. The summed E-state index contributed by atoms with van der Waals surface area (Å²) in [5.41, 5.74) is 1.87. The first-order valence-electron chi connectivity index (χ1n) is 6.01. The Labute approximate surface area is 145 Å². The van der Waals surface area contributed by atoms with Crippen molar-refractivity contribution in [3.8, 4) is 0 Å². The van der Waals surface area contributed by atoms with Gasteiger partial charge in [-0.3, -0.25) is 9.79 Å². The van der Waals surface area contributed by atoms with Crippen molar-refractivity contribution in [3.63, 3.8) is 0 Å². The van der Waals surface area contributed by atoms with Crippen LogP contribution in [0, 0.1) is 6.92 Å². The number of hydrogen-bond acceptors (Lipinski definition) is 2. The van der Waals surface area contributed by atoms with Crippen LogP contribution in [0.5, 0.6) is 0 Å². The number of aryl methyl sites for hydroxylation is 1. The molecule has 3 N–H and O–H groups in total. The van der Waals surface area contributed by atoms with Gasteiger partial charge in [0, 0.05) is 37.2 Å². The molecule has 0 bridgehead atoms. The van der Waals surface area contributed by atoms with Gasteiger partial charge in [0.15, 0.2) is 5.96 Å². The van der Waals surface area contributed by atoms with E-state index in [4.69, 9.17) is 0 Å². The Kier molecular flexibility index (Phi) is 9.56. The van der Waals surface area contributed by atoms with Crippen molar-refractivity contribution in [1.29, 1.82) is 0 Å². The normalized spacial score (nSPS) is 10.5. The van der Waals surface area contributed by atoms with Crippen LogP contribution < -0.4 is 16.0 Å². The molecule has 0 aliphatic heterocycles. The van der Waals surface area contributed by atoms with Crippen molar-refractivity contribution in [2.45, 2.75) is 13.3 Å². The number of aliphatic imine (C=N–C) groups is 1. The van der Waals surface area contributed by atoms with Crippen LogP contribution in [0.3, 0.4) is 0 Å². The predicted molar refractivity (Wildman–Crippen MR) is 98.0 cm³/mol. The number of carbonyl (C=O) groups is 1. The summed E-state index contributed by atoms with van der Waals surface area (Å²) < 4.78 is 1.00. The van der Waals surface area contributed by atoms with Crippen molar-refractivity contribution in [2.24, 2.45) is 4.99 Å². The minimum Gasteiger partial charge on any atom is -0.359 e. The Balaban J connectivity index is 0.00000361. The smallest absolute Gasteiger partial charge is 0.226 e. The van der Waals surface area contributed by atoms with E-state index in [0.717, 1.165) is 15.7 Å². The van der Waals surface area contributed by atoms with E-state index in [1.807, 2.05) is 25.1 Å². The van der Waals surface area contributed by atoms with Gasteiger partial charge in [-0.1, -0.05) is 15.9 Å². The zero-order valence-electron chi connectivity index (χ0n) is 11.8. The van der Waals surface area contributed by atoms with Crippen molar-refractivity contribution in [3.05, 3.63) is 28.2 Å². The Bertz CT molecular complexity index is 479. The van der Waals surface area contributed by atoms with Crippen LogP contribution in [0.25, 0.3) is 0 Å². The second-order valence-corrected chi connectivity index (χ2v) is 4.92. The van der Waals surface area contributed by atoms with Crippen molar-refractivity contribution >= 4 is 57.5 Å². The van der Waals surface area contributed by atoms with Crippen LogP contribution in [0.2, 0.25) is 0 Å². The minimum atomic E-state index is -0.0236. The highest BCUT2D eigenvalue weighted by atomic mass is 127. The van der Waals surface area contributed by atoms with Gasteiger partial charge < -0.3 is 16.0 Å². The molecule has 0 fully saturated rings. The largest absolute Gasteiger partial charge is 0.359 e. The molecule has 0 saturated carbocycles. The van der Waals surface area contributed by atoms with E-state index >= 15 is 0 Å². The molecule has 112 valence electrons. The number of carbonyl (C=O) groups excluding carboxylic acids is 1. The number of nitrogens with one attached hydrogen (secondary N) is 3. The lowest BCUT2D eigenvalue weighted by Gasteiger charge is -2.10. The molecule has 1 aromatic carbocycles. The molecule has 5 nitrogen and oxygen atoms in total. The Morgan fingerprint density at radius 1 is 1.40 bits per heavy atom. The molecule has 1 rings (SSSR count). The average Bonchev–Trinajstić information content (AvgIpc) is 2.38. The number of benzene rings is 1. The highest BCUT2D eigenvalue weighted by Gasteiger charge is 2.05. The molecule has 0 radical (unpaired) electrons. The first-order chi connectivity index (χ1) is 9.06. The third-order valence-corrected chi connectivity index (χ3v) is 3.06. The van der Waals surface area contributed by atoms with E-state index in [9.17, 15) is 4.79 Å². The van der Waals surface area contributed by atoms with E-state index in [2.05, 4.69) is 36.9 Å². The fraction of sp³-hybridized carbons (Fsp3) is 0.385. The second kappa shape index (κ2) is 9.98. The standard InChI is InChI=1S/C13H19BrN4O.HI/c1-9-8-10(14)4-5-11(9)18-12(19)6-7-17-13(15-2)16-3;/h4-5,8H,6-7H2,1-3H3,(H,18,19)(H2,15,16,17);1H. The molecule has 7 heteroatoms. The summed E-state index contributed by atoms with van der Waals surface area (Å²) in [6.45, 7) is 2.50. The fourth-order valence-corrected chi connectivity index (χ4v) is 2.03. The number of guanidine groups is 1. The lowest BCUT2D eigenvalue weighted by molar-refractivity contribution is -0.116. The predicted octanol–water partition coefficient (Wildman–Crippen LogP) is 2.50. The molecular formula is C13H20BrIN4O. The fourth-order valence-electron chi connectivity index (χ4n) is 1.55. The number of rotatable bonds is 4. The Morgan fingerprint density at radius 3 is 2.65 bits per heavy atom. The molecule has 20 heavy (non-hydrogen) atoms. The number of anilines is 1. The van der Waals surface area contributed by atoms with Gasteiger partial charge in [-0.05, 0) is 30.7 Å². The first-order valence-corrected chi connectivity index (χ1v) is 6.80. The maximum atomic E-state index is 11.8. The van der Waals surface area contributed by atoms with Crippen LogP contribution in [0.4, 0.5) is 5.69 Å². The van der Waals surface area contributed by atoms with Crippen LogP contribution in [-0.2, 0) is 4.79 Å². The van der Waals surface area contributed by atoms with E-state index in [-0.39, 0.29) is 29.9 Å². The Hall–Kier alpha value is -0.830. The summed E-state index contributed by atoms with van der Waals surface area (Å²) >= 11 is 3.39. The summed E-state index contributed by atoms with van der Waals surface area (Å²) in [7, 11) is 3.46. The van der Waals surface area contributed by atoms with E-state index in [0.29, 0.717) is 18.9 Å². The molecule has 0 aromatic heterocycles. The summed E-state index contributed by atoms with van der Waals surface area (Å²) in [6.07, 6.45) is 0.385. The summed E-state index contributed by atoms with van der Waals surface area (Å²) in [5, 5.41) is 8.81. The molecule has 0 heterocycles. The third-order valence-electron chi connectivity index (χ3n) is 2.57. The first kappa shape index (κ1) is 19.2. The molecule has 0 aliphatic carbocycles. The molecule has 0 spiro atoms. The lowest BCUT2D eigenvalue weighted by Crippen LogP contribution is -2.36. The minimum absolute atomic E-state index is 0. The molecule has 0 saturated heterocycles. The number of hydrogen-bond donors (Lipinski definition) is 3. The number of halogens is 2. The van der Waals surface area contributed by atoms with Crippen LogP contribution in [0.15, 0.2) is 27.7 Å². The Morgan fingerprint density at radius 2 is 2.10 bits per heavy atom. The lowest BCUT2D eigenvalue weighted by atomic mass is 10.2. The molecule has 1 aromatic rings. The van der Waals surface area contributed by atoms with Gasteiger partial charge in [0.2, 0.25) is 5.91 Å². The van der Waals surface area contributed by atoms with Gasteiger partial charge in [0.1, 0.15) is 0 Å². The maximum absolute atomic E-state index is 11.8. The summed E-state index contributed by atoms with van der Waals surface area (Å²) in [5.74, 6) is 0.650. The van der Waals surface area contributed by atoms with Crippen molar-refractivity contribution < 1.29 is 4.79 Å². The molecule has 0 unspecified atom stereocenters. The van der Waals surface area contributed by atoms with Crippen LogP contribution >= 0.6 is 39.9 Å². The van der Waals surface area contributed by atoms with Gasteiger partial charge >= 0.3 is 0 Å². The molecule has 1 amide bonds. The van der Waals surface area contributed by atoms with Gasteiger partial charge in [0.05, 0.1) is 0 Å². The monoisotopic (exact) mass is 454 g/mol. The molecular weight excluding hydrogens is 435 g/mol. The molecule has 0 atom stereocenters. The highest BCUT2D eigenvalue weighted by Crippen LogP contribution is 2.19. The average molecular weight is 455 g/mol. The van der Waals surface area contributed by atoms with E-state index in [1.165, 1.54) is 0 Å². The van der Waals surface area contributed by atoms with Crippen molar-refractivity contribution in [2.75, 3.05) is 26.0 Å². The van der Waals surface area contributed by atoms with Crippen molar-refractivity contribution in [1.82, 2.24) is 10.6 Å². The topological polar surface area (TPSA) is 65.5 Å². The summed E-state index contributed by atoms with van der Waals surface area (Å²) in [4.78, 5) is 15.8. The zero-order chi connectivity index (χ0) is 14.3. The van der Waals surface area contributed by atoms with E-state index in [1.54, 1.807) is 14.1 Å². The zero-order valence-corrected chi connectivity index (χ0v) is 15.7.